The molecule has 0 amide bonds. The summed E-state index contributed by atoms with van der Waals surface area (Å²) in [5.74, 6) is 1.73. The molecule has 11 heavy (non-hydrogen) atoms. The fourth-order valence-electron chi connectivity index (χ4n) is 2.61. The molecule has 0 bridgehead atoms. The van der Waals surface area contributed by atoms with E-state index in [0.29, 0.717) is 11.8 Å². The normalized spacial score (nSPS) is 49.1. The van der Waals surface area contributed by atoms with Crippen molar-refractivity contribution in [1.29, 1.82) is 0 Å². The Morgan fingerprint density at radius 3 is 2.73 bits per heavy atom. The molecule has 1 aliphatic carbocycles. The first-order valence-electron chi connectivity index (χ1n) is 4.57. The fourth-order valence-corrected chi connectivity index (χ4v) is 2.61. The minimum absolute atomic E-state index is 0.339. The third kappa shape index (κ3) is 0.859. The number of fused-ring (bicyclic) bond motifs is 1. The van der Waals surface area contributed by atoms with E-state index in [9.17, 15) is 5.11 Å². The van der Waals surface area contributed by atoms with Gasteiger partial charge in [-0.3, -0.25) is 0 Å². The van der Waals surface area contributed by atoms with Crippen molar-refractivity contribution >= 4 is 0 Å². The summed E-state index contributed by atoms with van der Waals surface area (Å²) in [6.07, 6.45) is 1.02. The van der Waals surface area contributed by atoms with E-state index in [1.54, 1.807) is 0 Å². The second kappa shape index (κ2) is 2.20. The average Bonchev–Trinajstić information content (AvgIpc) is 2.29. The van der Waals surface area contributed by atoms with Gasteiger partial charge in [0.2, 0.25) is 0 Å². The molecule has 1 saturated carbocycles. The van der Waals surface area contributed by atoms with Gasteiger partial charge in [0, 0.05) is 12.5 Å². The number of hydrogen-bond acceptors (Lipinski definition) is 2. The molecule has 0 aromatic rings. The predicted molar refractivity (Wildman–Crippen MR) is 44.3 cm³/mol. The number of rotatable bonds is 1. The average molecular weight is 155 g/mol. The van der Waals surface area contributed by atoms with E-state index in [-0.39, 0.29) is 5.60 Å². The zero-order chi connectivity index (χ0) is 8.06. The number of hydrogen-bond donors (Lipinski definition) is 2. The summed E-state index contributed by atoms with van der Waals surface area (Å²) in [7, 11) is 0. The van der Waals surface area contributed by atoms with Crippen molar-refractivity contribution < 1.29 is 5.11 Å². The summed E-state index contributed by atoms with van der Waals surface area (Å²) in [6.45, 7) is 6.39. The van der Waals surface area contributed by atoms with E-state index in [1.807, 2.05) is 0 Å². The second-order valence-corrected chi connectivity index (χ2v) is 4.37. The van der Waals surface area contributed by atoms with Gasteiger partial charge in [0.05, 0.1) is 5.60 Å². The Morgan fingerprint density at radius 1 is 1.45 bits per heavy atom. The van der Waals surface area contributed by atoms with Crippen LogP contribution in [0.5, 0.6) is 0 Å². The Morgan fingerprint density at radius 2 is 2.18 bits per heavy atom. The Kier molecular flexibility index (Phi) is 1.52. The highest BCUT2D eigenvalue weighted by molar-refractivity contribution is 5.08. The van der Waals surface area contributed by atoms with Crippen molar-refractivity contribution in [3.8, 4) is 0 Å². The Balaban J connectivity index is 2.08. The highest BCUT2D eigenvalue weighted by atomic mass is 16.3. The van der Waals surface area contributed by atoms with Crippen LogP contribution in [-0.2, 0) is 0 Å². The Labute approximate surface area is 68.0 Å². The molecule has 2 fully saturated rings. The molecule has 3 unspecified atom stereocenters. The molecule has 0 radical (unpaired) electrons. The van der Waals surface area contributed by atoms with Gasteiger partial charge in [-0.2, -0.15) is 0 Å². The van der Waals surface area contributed by atoms with Crippen molar-refractivity contribution in [2.24, 2.45) is 17.8 Å². The van der Waals surface area contributed by atoms with E-state index in [2.05, 4.69) is 19.2 Å². The molecule has 3 atom stereocenters. The monoisotopic (exact) mass is 155 g/mol. The summed E-state index contributed by atoms with van der Waals surface area (Å²) < 4.78 is 0. The van der Waals surface area contributed by atoms with Crippen LogP contribution in [0.25, 0.3) is 0 Å². The van der Waals surface area contributed by atoms with Crippen molar-refractivity contribution in [3.63, 3.8) is 0 Å². The molecular formula is C9H17NO. The van der Waals surface area contributed by atoms with E-state index in [1.165, 1.54) is 0 Å². The van der Waals surface area contributed by atoms with Crippen LogP contribution in [0.15, 0.2) is 0 Å². The minimum atomic E-state index is -0.339. The van der Waals surface area contributed by atoms with Gasteiger partial charge in [0.15, 0.2) is 0 Å². The first-order chi connectivity index (χ1) is 5.14. The van der Waals surface area contributed by atoms with Crippen molar-refractivity contribution in [3.05, 3.63) is 0 Å². The highest BCUT2D eigenvalue weighted by Gasteiger charge is 2.55. The molecule has 2 nitrogen and oxygen atoms in total. The molecular weight excluding hydrogens is 138 g/mol. The van der Waals surface area contributed by atoms with Gasteiger partial charge in [-0.05, 0) is 24.8 Å². The van der Waals surface area contributed by atoms with Gasteiger partial charge >= 0.3 is 0 Å². The molecule has 2 heteroatoms. The number of nitrogens with one attached hydrogen (secondary N) is 1. The van der Waals surface area contributed by atoms with Crippen molar-refractivity contribution in [2.75, 3.05) is 13.1 Å². The summed E-state index contributed by atoms with van der Waals surface area (Å²) in [5.41, 5.74) is -0.339. The van der Waals surface area contributed by atoms with Gasteiger partial charge < -0.3 is 10.4 Å². The zero-order valence-corrected chi connectivity index (χ0v) is 7.30. The Hall–Kier alpha value is -0.0800. The smallest absolute Gasteiger partial charge is 0.0717 e. The fraction of sp³-hybridized carbons (Fsp3) is 1.00. The minimum Gasteiger partial charge on any atom is -0.389 e. The lowest BCUT2D eigenvalue weighted by Gasteiger charge is -2.51. The van der Waals surface area contributed by atoms with E-state index >= 15 is 0 Å². The third-order valence-corrected chi connectivity index (χ3v) is 3.57. The van der Waals surface area contributed by atoms with Crippen LogP contribution < -0.4 is 5.32 Å². The SMILES string of the molecule is CC(C)C1(O)CC2CNCC21. The van der Waals surface area contributed by atoms with Gasteiger partial charge in [-0.1, -0.05) is 13.8 Å². The van der Waals surface area contributed by atoms with Crippen LogP contribution in [0.2, 0.25) is 0 Å². The lowest BCUT2D eigenvalue weighted by Crippen LogP contribution is -2.56. The van der Waals surface area contributed by atoms with E-state index in [0.717, 1.165) is 25.4 Å². The van der Waals surface area contributed by atoms with Gasteiger partial charge in [0.1, 0.15) is 0 Å². The summed E-state index contributed by atoms with van der Waals surface area (Å²) >= 11 is 0. The molecule has 2 aliphatic rings. The van der Waals surface area contributed by atoms with E-state index < -0.39 is 0 Å². The van der Waals surface area contributed by atoms with Gasteiger partial charge in [-0.15, -0.1) is 0 Å². The van der Waals surface area contributed by atoms with Crippen LogP contribution in [0.1, 0.15) is 20.3 Å². The highest BCUT2D eigenvalue weighted by Crippen LogP contribution is 2.49. The topological polar surface area (TPSA) is 32.3 Å². The first kappa shape index (κ1) is 7.56. The largest absolute Gasteiger partial charge is 0.389 e. The summed E-state index contributed by atoms with van der Waals surface area (Å²) in [6, 6.07) is 0. The second-order valence-electron chi connectivity index (χ2n) is 4.37. The van der Waals surface area contributed by atoms with Crippen LogP contribution in [-0.4, -0.2) is 23.8 Å². The molecule has 0 spiro atoms. The lowest BCUT2D eigenvalue weighted by atomic mass is 9.58. The first-order valence-corrected chi connectivity index (χ1v) is 4.57. The van der Waals surface area contributed by atoms with Crippen molar-refractivity contribution in [1.82, 2.24) is 5.32 Å². The number of aliphatic hydroxyl groups is 1. The standard InChI is InChI=1S/C9H17NO/c1-6(2)9(11)3-7-4-10-5-8(7)9/h6-8,10-11H,3-5H2,1-2H3. The van der Waals surface area contributed by atoms with Gasteiger partial charge in [0.25, 0.3) is 0 Å². The molecule has 1 saturated heterocycles. The molecule has 1 aliphatic heterocycles. The summed E-state index contributed by atoms with van der Waals surface area (Å²) in [4.78, 5) is 0. The van der Waals surface area contributed by atoms with E-state index in [4.69, 9.17) is 0 Å². The zero-order valence-electron chi connectivity index (χ0n) is 7.30. The maximum atomic E-state index is 10.1. The van der Waals surface area contributed by atoms with Crippen LogP contribution >= 0.6 is 0 Å². The summed E-state index contributed by atoms with van der Waals surface area (Å²) in [5, 5.41) is 13.5. The molecule has 2 N–H and O–H groups in total. The third-order valence-electron chi connectivity index (χ3n) is 3.57. The maximum Gasteiger partial charge on any atom is 0.0717 e. The van der Waals surface area contributed by atoms with Gasteiger partial charge in [-0.25, -0.2) is 0 Å². The lowest BCUT2D eigenvalue weighted by molar-refractivity contribution is -0.148. The van der Waals surface area contributed by atoms with Crippen molar-refractivity contribution in [2.45, 2.75) is 25.9 Å². The quantitative estimate of drug-likeness (QED) is 0.581. The maximum absolute atomic E-state index is 10.1. The molecule has 64 valence electrons. The molecule has 0 aromatic carbocycles. The van der Waals surface area contributed by atoms with Crippen LogP contribution in [0.3, 0.4) is 0 Å². The van der Waals surface area contributed by atoms with Crippen LogP contribution in [0.4, 0.5) is 0 Å². The molecule has 1 heterocycles. The van der Waals surface area contributed by atoms with Crippen LogP contribution in [0, 0.1) is 17.8 Å². The molecule has 0 aromatic heterocycles. The Bertz CT molecular complexity index is 169. The molecule has 2 rings (SSSR count). The predicted octanol–water partition coefficient (Wildman–Crippen LogP) is 0.613.